The topological polar surface area (TPSA) is 66.2 Å². The molecule has 0 bridgehead atoms. The summed E-state index contributed by atoms with van der Waals surface area (Å²) in [6.07, 6.45) is 2.35. The molecular formula is C5H4BCl3N2O2. The molecule has 1 aromatic heterocycles. The van der Waals surface area contributed by atoms with Gasteiger partial charge in [0.15, 0.2) is 5.82 Å². The molecule has 0 spiro atoms. The van der Waals surface area contributed by atoms with Gasteiger partial charge in [0, 0.05) is 17.9 Å². The highest BCUT2D eigenvalue weighted by Gasteiger charge is 2.26. The van der Waals surface area contributed by atoms with E-state index in [0.29, 0.717) is 0 Å². The minimum atomic E-state index is -1.70. The predicted octanol–water partition coefficient (Wildman–Crippen LogP) is -0.0169. The van der Waals surface area contributed by atoms with Crippen molar-refractivity contribution < 1.29 is 10.0 Å². The van der Waals surface area contributed by atoms with Gasteiger partial charge in [-0.1, -0.05) is 34.8 Å². The first kappa shape index (κ1) is 11.0. The second-order valence-electron chi connectivity index (χ2n) is 2.21. The number of nitrogens with zero attached hydrogens (tertiary/aromatic N) is 2. The van der Waals surface area contributed by atoms with E-state index in [-0.39, 0.29) is 11.3 Å². The molecule has 0 aliphatic carbocycles. The molecule has 13 heavy (non-hydrogen) atoms. The van der Waals surface area contributed by atoms with Crippen molar-refractivity contribution in [2.75, 3.05) is 0 Å². The van der Waals surface area contributed by atoms with Crippen LogP contribution >= 0.6 is 34.8 Å². The Bertz CT molecular complexity index is 287. The summed E-state index contributed by atoms with van der Waals surface area (Å²) in [4.78, 5) is 7.29. The fourth-order valence-corrected chi connectivity index (χ4v) is 0.911. The van der Waals surface area contributed by atoms with Crippen LogP contribution in [0.15, 0.2) is 12.4 Å². The van der Waals surface area contributed by atoms with Crippen molar-refractivity contribution in [3.8, 4) is 0 Å². The Morgan fingerprint density at radius 3 is 1.92 bits per heavy atom. The van der Waals surface area contributed by atoms with Crippen LogP contribution in [0.5, 0.6) is 0 Å². The zero-order valence-electron chi connectivity index (χ0n) is 6.15. The Kier molecular flexibility index (Phi) is 3.37. The summed E-state index contributed by atoms with van der Waals surface area (Å²) in [7, 11) is -1.62. The molecular weight excluding hydrogens is 237 g/mol. The first-order chi connectivity index (χ1) is 5.91. The Hall–Kier alpha value is -0.0651. The molecule has 0 atom stereocenters. The number of alkyl halides is 3. The van der Waals surface area contributed by atoms with Gasteiger partial charge in [0.25, 0.3) is 0 Å². The second-order valence-corrected chi connectivity index (χ2v) is 4.49. The second kappa shape index (κ2) is 3.98. The lowest BCUT2D eigenvalue weighted by Crippen LogP contribution is -2.31. The molecule has 4 nitrogen and oxygen atoms in total. The van der Waals surface area contributed by atoms with E-state index in [1.807, 2.05) is 0 Å². The molecule has 0 saturated carbocycles. The van der Waals surface area contributed by atoms with Crippen LogP contribution in [0, 0.1) is 0 Å². The Labute approximate surface area is 89.6 Å². The van der Waals surface area contributed by atoms with Crippen molar-refractivity contribution >= 4 is 47.4 Å². The van der Waals surface area contributed by atoms with Crippen molar-refractivity contribution in [2.24, 2.45) is 0 Å². The number of aromatic nitrogens is 2. The van der Waals surface area contributed by atoms with E-state index in [9.17, 15) is 0 Å². The van der Waals surface area contributed by atoms with Gasteiger partial charge in [0.05, 0.1) is 0 Å². The maximum atomic E-state index is 8.69. The summed E-state index contributed by atoms with van der Waals surface area (Å²) in [5.74, 6) is -0.0121. The molecule has 0 aliphatic heterocycles. The highest BCUT2D eigenvalue weighted by molar-refractivity contribution is 6.66. The highest BCUT2D eigenvalue weighted by Crippen LogP contribution is 2.34. The SMILES string of the molecule is OB(O)c1cnc(C(Cl)(Cl)Cl)nc1. The van der Waals surface area contributed by atoms with Crippen LogP contribution in [-0.2, 0) is 3.79 Å². The molecule has 0 amide bonds. The third kappa shape index (κ3) is 2.96. The number of halogens is 3. The van der Waals surface area contributed by atoms with Crippen LogP contribution < -0.4 is 5.46 Å². The number of hydrogen-bond donors (Lipinski definition) is 2. The molecule has 2 N–H and O–H groups in total. The maximum Gasteiger partial charge on any atom is 0.491 e. The molecule has 0 aliphatic rings. The lowest BCUT2D eigenvalue weighted by molar-refractivity contribution is 0.425. The summed E-state index contributed by atoms with van der Waals surface area (Å²) < 4.78 is -1.70. The van der Waals surface area contributed by atoms with Crippen LogP contribution in [0.3, 0.4) is 0 Å². The van der Waals surface area contributed by atoms with Crippen molar-refractivity contribution in [1.29, 1.82) is 0 Å². The third-order valence-corrected chi connectivity index (χ3v) is 1.73. The van der Waals surface area contributed by atoms with Gasteiger partial charge in [-0.3, -0.25) is 0 Å². The first-order valence-corrected chi connectivity index (χ1v) is 4.30. The summed E-state index contributed by atoms with van der Waals surface area (Å²) in [5, 5.41) is 17.4. The molecule has 0 fully saturated rings. The van der Waals surface area contributed by atoms with E-state index in [2.05, 4.69) is 9.97 Å². The fourth-order valence-electron chi connectivity index (χ4n) is 0.618. The van der Waals surface area contributed by atoms with Crippen LogP contribution in [-0.4, -0.2) is 27.1 Å². The fraction of sp³-hybridized carbons (Fsp3) is 0.200. The Morgan fingerprint density at radius 1 is 1.15 bits per heavy atom. The summed E-state index contributed by atoms with van der Waals surface area (Å²) in [6.45, 7) is 0. The molecule has 1 heterocycles. The van der Waals surface area contributed by atoms with Gasteiger partial charge in [-0.15, -0.1) is 0 Å². The van der Waals surface area contributed by atoms with Gasteiger partial charge < -0.3 is 10.0 Å². The minimum Gasteiger partial charge on any atom is -0.423 e. The third-order valence-electron chi connectivity index (χ3n) is 1.22. The number of hydrogen-bond acceptors (Lipinski definition) is 4. The van der Waals surface area contributed by atoms with Gasteiger partial charge in [0.2, 0.25) is 3.79 Å². The van der Waals surface area contributed by atoms with Gasteiger partial charge in [0.1, 0.15) is 0 Å². The molecule has 0 saturated heterocycles. The van der Waals surface area contributed by atoms with Crippen molar-refractivity contribution in [3.05, 3.63) is 18.2 Å². The van der Waals surface area contributed by atoms with Crippen LogP contribution in [0.2, 0.25) is 0 Å². The minimum absolute atomic E-state index is 0.0121. The molecule has 1 aromatic rings. The lowest BCUT2D eigenvalue weighted by atomic mass is 9.83. The zero-order valence-corrected chi connectivity index (χ0v) is 8.42. The van der Waals surface area contributed by atoms with Crippen molar-refractivity contribution in [2.45, 2.75) is 3.79 Å². The largest absolute Gasteiger partial charge is 0.491 e. The van der Waals surface area contributed by atoms with Gasteiger partial charge in [-0.05, 0) is 0 Å². The van der Waals surface area contributed by atoms with Crippen LogP contribution in [0.1, 0.15) is 5.82 Å². The van der Waals surface area contributed by atoms with E-state index < -0.39 is 10.9 Å². The van der Waals surface area contributed by atoms with Gasteiger partial charge >= 0.3 is 7.12 Å². The average molecular weight is 241 g/mol. The summed E-state index contributed by atoms with van der Waals surface area (Å²) in [6, 6.07) is 0. The van der Waals surface area contributed by atoms with E-state index in [1.165, 1.54) is 12.4 Å². The van der Waals surface area contributed by atoms with Crippen LogP contribution in [0.25, 0.3) is 0 Å². The van der Waals surface area contributed by atoms with Gasteiger partial charge in [-0.2, -0.15) is 0 Å². The summed E-state index contributed by atoms with van der Waals surface area (Å²) in [5.41, 5.74) is 0.137. The monoisotopic (exact) mass is 240 g/mol. The Morgan fingerprint density at radius 2 is 1.62 bits per heavy atom. The summed E-state index contributed by atoms with van der Waals surface area (Å²) >= 11 is 16.4. The van der Waals surface area contributed by atoms with E-state index in [0.717, 1.165) is 0 Å². The quantitative estimate of drug-likeness (QED) is 0.536. The van der Waals surface area contributed by atoms with Crippen molar-refractivity contribution in [1.82, 2.24) is 9.97 Å². The molecule has 0 radical (unpaired) electrons. The first-order valence-electron chi connectivity index (χ1n) is 3.16. The standard InChI is InChI=1S/C5H4BCl3N2O2/c7-5(8,9)4-10-1-3(2-11-4)6(12)13/h1-2,12-13H. The number of rotatable bonds is 1. The normalized spacial score (nSPS) is 11.5. The Balaban J connectivity index is 2.94. The molecule has 8 heteroatoms. The highest BCUT2D eigenvalue weighted by atomic mass is 35.6. The molecule has 0 aromatic carbocycles. The smallest absolute Gasteiger partial charge is 0.423 e. The predicted molar refractivity (Wildman–Crippen MR) is 51.1 cm³/mol. The van der Waals surface area contributed by atoms with E-state index >= 15 is 0 Å². The average Bonchev–Trinajstić information content (AvgIpc) is 2.03. The van der Waals surface area contributed by atoms with E-state index in [1.54, 1.807) is 0 Å². The van der Waals surface area contributed by atoms with E-state index in [4.69, 9.17) is 44.9 Å². The molecule has 70 valence electrons. The molecule has 0 unspecified atom stereocenters. The lowest BCUT2D eigenvalue weighted by Gasteiger charge is -2.08. The van der Waals surface area contributed by atoms with Gasteiger partial charge in [-0.25, -0.2) is 9.97 Å². The molecule has 1 rings (SSSR count). The maximum absolute atomic E-state index is 8.69. The zero-order chi connectivity index (χ0) is 10.1. The van der Waals surface area contributed by atoms with Crippen LogP contribution in [0.4, 0.5) is 0 Å². The van der Waals surface area contributed by atoms with Crippen molar-refractivity contribution in [3.63, 3.8) is 0 Å².